The highest BCUT2D eigenvalue weighted by Gasteiger charge is 2.16. The highest BCUT2D eigenvalue weighted by Crippen LogP contribution is 2.11. The first-order chi connectivity index (χ1) is 5.97. The second-order valence-electron chi connectivity index (χ2n) is 4.42. The predicted octanol–water partition coefficient (Wildman–Crippen LogP) is 2.37. The highest BCUT2D eigenvalue weighted by molar-refractivity contribution is 5.83. The molecule has 0 spiro atoms. The van der Waals surface area contributed by atoms with Crippen LogP contribution in [0.5, 0.6) is 0 Å². The van der Waals surface area contributed by atoms with E-state index >= 15 is 0 Å². The van der Waals surface area contributed by atoms with Crippen molar-refractivity contribution in [3.8, 4) is 0 Å². The van der Waals surface area contributed by atoms with E-state index in [4.69, 9.17) is 5.73 Å². The maximum Gasteiger partial charge on any atom is 0.149 e. The van der Waals surface area contributed by atoms with Crippen LogP contribution in [0.3, 0.4) is 0 Å². The van der Waals surface area contributed by atoms with Gasteiger partial charge < -0.3 is 5.73 Å². The summed E-state index contributed by atoms with van der Waals surface area (Å²) in [5, 5.41) is 0. The fraction of sp³-hybridized carbons (Fsp3) is 0.909. The molecule has 0 fully saturated rings. The molecule has 0 aliphatic carbocycles. The molecule has 13 heavy (non-hydrogen) atoms. The summed E-state index contributed by atoms with van der Waals surface area (Å²) in [5.74, 6) is 1.21. The Labute approximate surface area is 81.9 Å². The second kappa shape index (κ2) is 6.14. The summed E-state index contributed by atoms with van der Waals surface area (Å²) in [5.41, 5.74) is 5.77. The molecule has 0 rings (SSSR count). The molecule has 0 bridgehead atoms. The zero-order chi connectivity index (χ0) is 10.4. The van der Waals surface area contributed by atoms with Gasteiger partial charge in [0.15, 0.2) is 0 Å². The first-order valence-electron chi connectivity index (χ1n) is 5.25. The number of ketones is 1. The summed E-state index contributed by atoms with van der Waals surface area (Å²) < 4.78 is 0. The van der Waals surface area contributed by atoms with E-state index in [1.165, 1.54) is 0 Å². The Morgan fingerprint density at radius 3 is 2.23 bits per heavy atom. The van der Waals surface area contributed by atoms with Crippen molar-refractivity contribution in [1.82, 2.24) is 0 Å². The van der Waals surface area contributed by atoms with E-state index in [1.54, 1.807) is 0 Å². The molecule has 0 aliphatic heterocycles. The molecule has 0 heterocycles. The first-order valence-corrected chi connectivity index (χ1v) is 5.25. The molecule has 0 aromatic carbocycles. The second-order valence-corrected chi connectivity index (χ2v) is 4.42. The first kappa shape index (κ1) is 12.6. The van der Waals surface area contributed by atoms with Gasteiger partial charge in [0.25, 0.3) is 0 Å². The minimum atomic E-state index is -0.242. The molecule has 2 N–H and O–H groups in total. The lowest BCUT2D eigenvalue weighted by Gasteiger charge is -2.15. The van der Waals surface area contributed by atoms with Gasteiger partial charge in [-0.1, -0.05) is 34.1 Å². The third-order valence-corrected chi connectivity index (χ3v) is 2.39. The van der Waals surface area contributed by atoms with Crippen molar-refractivity contribution >= 4 is 5.78 Å². The van der Waals surface area contributed by atoms with Crippen molar-refractivity contribution in [2.45, 2.75) is 53.0 Å². The Kier molecular flexibility index (Phi) is 5.97. The van der Waals surface area contributed by atoms with Crippen LogP contribution < -0.4 is 5.73 Å². The monoisotopic (exact) mass is 185 g/mol. The van der Waals surface area contributed by atoms with Crippen LogP contribution in [0.25, 0.3) is 0 Å². The minimum Gasteiger partial charge on any atom is -0.322 e. The average Bonchev–Trinajstić information content (AvgIpc) is 2.02. The number of rotatable bonds is 6. The molecule has 2 unspecified atom stereocenters. The van der Waals surface area contributed by atoms with E-state index < -0.39 is 0 Å². The Morgan fingerprint density at radius 1 is 1.31 bits per heavy atom. The molecule has 0 aromatic rings. The Morgan fingerprint density at radius 2 is 1.85 bits per heavy atom. The van der Waals surface area contributed by atoms with Crippen molar-refractivity contribution in [3.63, 3.8) is 0 Å². The summed E-state index contributed by atoms with van der Waals surface area (Å²) in [6.45, 7) is 8.39. The molecule has 2 heteroatoms. The van der Waals surface area contributed by atoms with Crippen molar-refractivity contribution in [3.05, 3.63) is 0 Å². The fourth-order valence-corrected chi connectivity index (χ4v) is 1.28. The Hall–Kier alpha value is -0.370. The molecule has 0 amide bonds. The van der Waals surface area contributed by atoms with E-state index in [-0.39, 0.29) is 11.8 Å². The van der Waals surface area contributed by atoms with Gasteiger partial charge in [0.1, 0.15) is 5.78 Å². The van der Waals surface area contributed by atoms with Gasteiger partial charge in [-0.2, -0.15) is 0 Å². The zero-order valence-corrected chi connectivity index (χ0v) is 9.34. The average molecular weight is 185 g/mol. The summed E-state index contributed by atoms with van der Waals surface area (Å²) in [7, 11) is 0. The van der Waals surface area contributed by atoms with Gasteiger partial charge in [0.05, 0.1) is 6.04 Å². The van der Waals surface area contributed by atoms with E-state index in [0.29, 0.717) is 18.3 Å². The molecule has 2 atom stereocenters. The SMILES string of the molecule is CCC(C)CC(=O)C(N)CC(C)C. The molecule has 0 radical (unpaired) electrons. The van der Waals surface area contributed by atoms with E-state index in [2.05, 4.69) is 27.7 Å². The lowest BCUT2D eigenvalue weighted by molar-refractivity contribution is -0.121. The number of carbonyl (C=O) groups is 1. The van der Waals surface area contributed by atoms with Crippen LogP contribution in [-0.2, 0) is 4.79 Å². The molecule has 0 saturated heterocycles. The summed E-state index contributed by atoms with van der Waals surface area (Å²) in [6.07, 6.45) is 2.51. The van der Waals surface area contributed by atoms with Gasteiger partial charge in [-0.3, -0.25) is 4.79 Å². The quantitative estimate of drug-likeness (QED) is 0.690. The lowest BCUT2D eigenvalue weighted by atomic mass is 9.94. The van der Waals surface area contributed by atoms with Crippen molar-refractivity contribution in [2.24, 2.45) is 17.6 Å². The lowest BCUT2D eigenvalue weighted by Crippen LogP contribution is -2.32. The molecular formula is C11H23NO. The van der Waals surface area contributed by atoms with Gasteiger partial charge in [0.2, 0.25) is 0 Å². The van der Waals surface area contributed by atoms with E-state index in [9.17, 15) is 4.79 Å². The molecule has 78 valence electrons. The van der Waals surface area contributed by atoms with Crippen molar-refractivity contribution in [2.75, 3.05) is 0 Å². The maximum absolute atomic E-state index is 11.5. The van der Waals surface area contributed by atoms with E-state index in [1.807, 2.05) is 0 Å². The third-order valence-electron chi connectivity index (χ3n) is 2.39. The number of hydrogen-bond donors (Lipinski definition) is 1. The van der Waals surface area contributed by atoms with Crippen LogP contribution in [0.15, 0.2) is 0 Å². The Balaban J connectivity index is 3.82. The molecule has 0 aromatic heterocycles. The summed E-state index contributed by atoms with van der Waals surface area (Å²) in [4.78, 5) is 11.5. The zero-order valence-electron chi connectivity index (χ0n) is 9.34. The smallest absolute Gasteiger partial charge is 0.149 e. The van der Waals surface area contributed by atoms with Gasteiger partial charge in [-0.05, 0) is 18.3 Å². The van der Waals surface area contributed by atoms with Gasteiger partial charge in [0, 0.05) is 6.42 Å². The van der Waals surface area contributed by atoms with Gasteiger partial charge in [-0.15, -0.1) is 0 Å². The fourth-order valence-electron chi connectivity index (χ4n) is 1.28. The topological polar surface area (TPSA) is 43.1 Å². The summed E-state index contributed by atoms with van der Waals surface area (Å²) >= 11 is 0. The van der Waals surface area contributed by atoms with Crippen LogP contribution in [0.4, 0.5) is 0 Å². The van der Waals surface area contributed by atoms with Crippen LogP contribution >= 0.6 is 0 Å². The van der Waals surface area contributed by atoms with Crippen LogP contribution in [-0.4, -0.2) is 11.8 Å². The van der Waals surface area contributed by atoms with Crippen LogP contribution in [0.1, 0.15) is 47.0 Å². The standard InChI is InChI=1S/C11H23NO/c1-5-9(4)7-11(13)10(12)6-8(2)3/h8-10H,5-7,12H2,1-4H3. The number of Topliss-reactive ketones (excluding diaryl/α,β-unsaturated/α-hetero) is 1. The Bertz CT molecular complexity index is 154. The van der Waals surface area contributed by atoms with Crippen LogP contribution in [0.2, 0.25) is 0 Å². The normalized spacial score (nSPS) is 15.8. The minimum absolute atomic E-state index is 0.225. The van der Waals surface area contributed by atoms with Gasteiger partial charge in [-0.25, -0.2) is 0 Å². The molecule has 2 nitrogen and oxygen atoms in total. The van der Waals surface area contributed by atoms with E-state index in [0.717, 1.165) is 12.8 Å². The molecular weight excluding hydrogens is 162 g/mol. The summed E-state index contributed by atoms with van der Waals surface area (Å²) in [6, 6.07) is -0.242. The third kappa shape index (κ3) is 5.81. The molecule has 0 aliphatic rings. The maximum atomic E-state index is 11.5. The predicted molar refractivity (Wildman–Crippen MR) is 56.5 cm³/mol. The number of carbonyl (C=O) groups excluding carboxylic acids is 1. The van der Waals surface area contributed by atoms with Crippen molar-refractivity contribution in [1.29, 1.82) is 0 Å². The van der Waals surface area contributed by atoms with Crippen LogP contribution in [0, 0.1) is 11.8 Å². The molecule has 0 saturated carbocycles. The number of nitrogens with two attached hydrogens (primary N) is 1. The number of hydrogen-bond acceptors (Lipinski definition) is 2. The van der Waals surface area contributed by atoms with Gasteiger partial charge >= 0.3 is 0 Å². The largest absolute Gasteiger partial charge is 0.322 e. The van der Waals surface area contributed by atoms with Crippen molar-refractivity contribution < 1.29 is 4.79 Å². The highest BCUT2D eigenvalue weighted by atomic mass is 16.1.